The van der Waals surface area contributed by atoms with E-state index in [9.17, 15) is 15.3 Å². The molecule has 142 valence electrons. The zero-order valence-corrected chi connectivity index (χ0v) is 16.0. The Balaban J connectivity index is 2.32. The largest absolute Gasteiger partial charge is 0.507 e. The third-order valence-corrected chi connectivity index (χ3v) is 4.67. The average molecular weight is 358 g/mol. The zero-order valence-electron chi connectivity index (χ0n) is 16.0. The molecule has 0 aliphatic rings. The number of phenolic OH excluding ortho intramolecular Hbond substituents is 3. The molecule has 0 aliphatic heterocycles. The smallest absolute Gasteiger partial charge is 0.157 e. The van der Waals surface area contributed by atoms with E-state index < -0.39 is 0 Å². The number of benzene rings is 2. The molecule has 0 spiro atoms. The van der Waals surface area contributed by atoms with Gasteiger partial charge in [0.25, 0.3) is 0 Å². The summed E-state index contributed by atoms with van der Waals surface area (Å²) in [4.78, 5) is 2.20. The highest BCUT2D eigenvalue weighted by atomic mass is 16.3. The van der Waals surface area contributed by atoms with Crippen molar-refractivity contribution in [3.05, 3.63) is 52.6 Å². The lowest BCUT2D eigenvalue weighted by molar-refractivity contribution is 0.201. The Labute approximate surface area is 155 Å². The van der Waals surface area contributed by atoms with E-state index in [1.165, 1.54) is 6.07 Å². The van der Waals surface area contributed by atoms with Crippen LogP contribution >= 0.6 is 0 Å². The van der Waals surface area contributed by atoms with Gasteiger partial charge in [-0.25, -0.2) is 0 Å². The van der Waals surface area contributed by atoms with Crippen LogP contribution in [0.1, 0.15) is 55.9 Å². The third kappa shape index (κ3) is 4.68. The van der Waals surface area contributed by atoms with Crippen LogP contribution in [-0.2, 0) is 19.6 Å². The first-order valence-electron chi connectivity index (χ1n) is 9.02. The second-order valence-corrected chi connectivity index (χ2v) is 7.37. The maximum Gasteiger partial charge on any atom is 0.157 e. The van der Waals surface area contributed by atoms with Crippen molar-refractivity contribution in [1.29, 1.82) is 0 Å². The molecule has 0 radical (unpaired) electrons. The van der Waals surface area contributed by atoms with Crippen LogP contribution in [0.4, 0.5) is 0 Å². The van der Waals surface area contributed by atoms with E-state index in [0.29, 0.717) is 25.4 Å². The summed E-state index contributed by atoms with van der Waals surface area (Å²) in [7, 11) is 0. The molecule has 0 fully saturated rings. The number of hydrogen-bond acceptors (Lipinski definition) is 5. The van der Waals surface area contributed by atoms with Gasteiger partial charge in [-0.3, -0.25) is 4.90 Å². The van der Waals surface area contributed by atoms with Gasteiger partial charge in [-0.1, -0.05) is 26.0 Å². The molecule has 0 aromatic heterocycles. The van der Waals surface area contributed by atoms with Gasteiger partial charge < -0.3 is 21.1 Å². The van der Waals surface area contributed by atoms with Crippen LogP contribution in [0, 0.1) is 0 Å². The van der Waals surface area contributed by atoms with Crippen molar-refractivity contribution >= 4 is 0 Å². The van der Waals surface area contributed by atoms with Crippen molar-refractivity contribution in [3.8, 4) is 17.2 Å². The van der Waals surface area contributed by atoms with Gasteiger partial charge in [0.2, 0.25) is 0 Å². The predicted octanol–water partition coefficient (Wildman–Crippen LogP) is 3.80. The SMILES string of the molecule is CC(C)c1cc(CN)cc(CN(Cc2ccc(O)c(O)c2)C(C)C)c1O. The molecular weight excluding hydrogens is 328 g/mol. The molecule has 2 rings (SSSR count). The summed E-state index contributed by atoms with van der Waals surface area (Å²) in [6.07, 6.45) is 0. The molecule has 0 saturated heterocycles. The Kier molecular flexibility index (Phi) is 6.51. The fraction of sp³-hybridized carbons (Fsp3) is 0.429. The summed E-state index contributed by atoms with van der Waals surface area (Å²) >= 11 is 0. The van der Waals surface area contributed by atoms with Gasteiger partial charge in [0, 0.05) is 31.2 Å². The van der Waals surface area contributed by atoms with E-state index in [4.69, 9.17) is 5.73 Å². The van der Waals surface area contributed by atoms with Gasteiger partial charge in [-0.2, -0.15) is 0 Å². The highest BCUT2D eigenvalue weighted by Gasteiger charge is 2.18. The first-order valence-corrected chi connectivity index (χ1v) is 9.02. The summed E-state index contributed by atoms with van der Waals surface area (Å²) in [5.41, 5.74) is 9.50. The second-order valence-electron chi connectivity index (χ2n) is 7.37. The van der Waals surface area contributed by atoms with Crippen molar-refractivity contribution in [3.63, 3.8) is 0 Å². The highest BCUT2D eigenvalue weighted by molar-refractivity contribution is 5.45. The van der Waals surface area contributed by atoms with Gasteiger partial charge in [0.15, 0.2) is 11.5 Å². The highest BCUT2D eigenvalue weighted by Crippen LogP contribution is 2.32. The lowest BCUT2D eigenvalue weighted by Crippen LogP contribution is -2.30. The van der Waals surface area contributed by atoms with E-state index in [0.717, 1.165) is 22.3 Å². The third-order valence-electron chi connectivity index (χ3n) is 4.67. The molecule has 2 aromatic carbocycles. The van der Waals surface area contributed by atoms with Crippen LogP contribution in [-0.4, -0.2) is 26.3 Å². The fourth-order valence-corrected chi connectivity index (χ4v) is 3.01. The molecule has 26 heavy (non-hydrogen) atoms. The van der Waals surface area contributed by atoms with E-state index in [1.807, 2.05) is 12.1 Å². The molecule has 0 heterocycles. The number of nitrogens with two attached hydrogens (primary N) is 1. The second kappa shape index (κ2) is 8.43. The molecule has 0 atom stereocenters. The summed E-state index contributed by atoms with van der Waals surface area (Å²) in [5.74, 6) is 0.291. The minimum atomic E-state index is -0.125. The van der Waals surface area contributed by atoms with Gasteiger partial charge >= 0.3 is 0 Å². The summed E-state index contributed by atoms with van der Waals surface area (Å²) < 4.78 is 0. The summed E-state index contributed by atoms with van der Waals surface area (Å²) in [6.45, 7) is 9.88. The molecule has 5 nitrogen and oxygen atoms in total. The van der Waals surface area contributed by atoms with Crippen molar-refractivity contribution < 1.29 is 15.3 Å². The van der Waals surface area contributed by atoms with E-state index in [1.54, 1.807) is 12.1 Å². The van der Waals surface area contributed by atoms with Crippen molar-refractivity contribution in [2.45, 2.75) is 59.3 Å². The molecular formula is C21H30N2O3. The number of aromatic hydroxyl groups is 3. The molecule has 0 bridgehead atoms. The summed E-state index contributed by atoms with van der Waals surface area (Å²) in [6, 6.07) is 9.02. The Morgan fingerprint density at radius 3 is 2.12 bits per heavy atom. The van der Waals surface area contributed by atoms with Crippen LogP contribution < -0.4 is 5.73 Å². The molecule has 0 unspecified atom stereocenters. The maximum absolute atomic E-state index is 10.7. The molecule has 2 aromatic rings. The van der Waals surface area contributed by atoms with Gasteiger partial charge in [-0.05, 0) is 54.7 Å². The number of phenols is 3. The minimum Gasteiger partial charge on any atom is -0.507 e. The van der Waals surface area contributed by atoms with Crippen molar-refractivity contribution in [1.82, 2.24) is 4.90 Å². The number of hydrogen-bond donors (Lipinski definition) is 4. The Morgan fingerprint density at radius 1 is 0.885 bits per heavy atom. The fourth-order valence-electron chi connectivity index (χ4n) is 3.01. The predicted molar refractivity (Wildman–Crippen MR) is 104 cm³/mol. The average Bonchev–Trinajstić information content (AvgIpc) is 2.58. The summed E-state index contributed by atoms with van der Waals surface area (Å²) in [5, 5.41) is 29.9. The minimum absolute atomic E-state index is 0.124. The van der Waals surface area contributed by atoms with Crippen LogP contribution in [0.2, 0.25) is 0 Å². The topological polar surface area (TPSA) is 90.0 Å². The van der Waals surface area contributed by atoms with Gasteiger partial charge in [-0.15, -0.1) is 0 Å². The Morgan fingerprint density at radius 2 is 1.58 bits per heavy atom. The lowest BCUT2D eigenvalue weighted by atomic mass is 9.95. The first-order chi connectivity index (χ1) is 12.2. The standard InChI is InChI=1S/C21H30N2O3/c1-13(2)18-8-16(10-22)7-17(21(18)26)12-23(14(3)4)11-15-5-6-19(24)20(25)9-15/h5-9,13-14,24-26H,10-12,22H2,1-4H3. The zero-order chi connectivity index (χ0) is 19.4. The monoisotopic (exact) mass is 358 g/mol. The Bertz CT molecular complexity index is 757. The molecule has 0 aliphatic carbocycles. The van der Waals surface area contributed by atoms with Crippen LogP contribution in [0.25, 0.3) is 0 Å². The van der Waals surface area contributed by atoms with E-state index in [-0.39, 0.29) is 23.5 Å². The van der Waals surface area contributed by atoms with E-state index in [2.05, 4.69) is 32.6 Å². The molecule has 5 heteroatoms. The van der Waals surface area contributed by atoms with Crippen molar-refractivity contribution in [2.24, 2.45) is 5.73 Å². The Hall–Kier alpha value is -2.24. The molecule has 5 N–H and O–H groups in total. The van der Waals surface area contributed by atoms with Crippen LogP contribution in [0.15, 0.2) is 30.3 Å². The quantitative estimate of drug-likeness (QED) is 0.565. The van der Waals surface area contributed by atoms with Gasteiger partial charge in [0.05, 0.1) is 0 Å². The van der Waals surface area contributed by atoms with E-state index >= 15 is 0 Å². The number of nitrogens with zero attached hydrogens (tertiary/aromatic N) is 1. The van der Waals surface area contributed by atoms with Crippen LogP contribution in [0.3, 0.4) is 0 Å². The molecule has 0 saturated carbocycles. The van der Waals surface area contributed by atoms with Crippen molar-refractivity contribution in [2.75, 3.05) is 0 Å². The molecule has 0 amide bonds. The van der Waals surface area contributed by atoms with Gasteiger partial charge in [0.1, 0.15) is 5.75 Å². The lowest BCUT2D eigenvalue weighted by Gasteiger charge is -2.28. The number of rotatable bonds is 7. The maximum atomic E-state index is 10.7. The van der Waals surface area contributed by atoms with Crippen LogP contribution in [0.5, 0.6) is 17.2 Å². The first kappa shape index (κ1) is 20.1. The normalized spacial score (nSPS) is 11.7.